The summed E-state index contributed by atoms with van der Waals surface area (Å²) >= 11 is 0. The van der Waals surface area contributed by atoms with Crippen LogP contribution in [-0.4, -0.2) is 45.4 Å². The maximum absolute atomic E-state index is 14.1. The molecule has 0 spiro atoms. The predicted molar refractivity (Wildman–Crippen MR) is 188 cm³/mol. The minimum atomic E-state index is -2.92. The molecule has 0 bridgehead atoms. The second-order valence-corrected chi connectivity index (χ2v) is 23.1. The normalized spacial score (nSPS) is 21.8. The Morgan fingerprint density at radius 1 is 0.913 bits per heavy atom. The number of para-hydroxylation sites is 1. The van der Waals surface area contributed by atoms with E-state index in [1.165, 1.54) is 12.1 Å². The van der Waals surface area contributed by atoms with E-state index in [1.54, 1.807) is 0 Å². The van der Waals surface area contributed by atoms with Crippen molar-refractivity contribution in [3.05, 3.63) is 71.7 Å². The molecule has 2 aliphatic rings. The zero-order chi connectivity index (χ0) is 33.4. The van der Waals surface area contributed by atoms with Gasteiger partial charge in [0.1, 0.15) is 5.82 Å². The standard InChI is InChI=1S/C37H50FNO5Si2/c1-23(2)45(24(3)4)42-30(21-31(22-35(40)41)43-46(44-45,25(5)6)26(7)8)19-20-33-36(27-15-17-29(38)18-16-27)32-11-9-10-12-34(32)39-37(33)28-13-14-28/h9-12,15-20,23-26,28,30-31H,13-14,21-22H2,1-8H3,(H,40,41)/b20-19+. The van der Waals surface area contributed by atoms with Crippen LogP contribution in [0.25, 0.3) is 28.1 Å². The maximum atomic E-state index is 14.1. The number of hydrogen-bond acceptors (Lipinski definition) is 5. The largest absolute Gasteiger partial charge is 0.481 e. The SMILES string of the molecule is CC(C)[Si]1(C(C)C)OC(/C=C/c2c(C3CC3)nc3ccccc3c2-c2ccc(F)cc2)CC(CC(=O)O)O[Si](C(C)C)(C(C)C)O1. The lowest BCUT2D eigenvalue weighted by molar-refractivity contribution is -0.139. The molecule has 2 unspecified atom stereocenters. The fourth-order valence-electron chi connectivity index (χ4n) is 7.15. The lowest BCUT2D eigenvalue weighted by atomic mass is 9.92. The monoisotopic (exact) mass is 663 g/mol. The van der Waals surface area contributed by atoms with Crippen molar-refractivity contribution < 1.29 is 27.3 Å². The molecule has 46 heavy (non-hydrogen) atoms. The van der Waals surface area contributed by atoms with E-state index in [0.29, 0.717) is 12.3 Å². The topological polar surface area (TPSA) is 77.9 Å². The number of pyridine rings is 1. The van der Waals surface area contributed by atoms with Gasteiger partial charge < -0.3 is 18.1 Å². The second kappa shape index (κ2) is 13.8. The Hall–Kier alpha value is -2.70. The third-order valence-corrected chi connectivity index (χ3v) is 20.0. The molecule has 1 saturated carbocycles. The van der Waals surface area contributed by atoms with E-state index in [-0.39, 0.29) is 34.4 Å². The van der Waals surface area contributed by atoms with Crippen molar-refractivity contribution in [2.75, 3.05) is 0 Å². The first-order chi connectivity index (χ1) is 21.8. The van der Waals surface area contributed by atoms with Crippen LogP contribution in [0.15, 0.2) is 54.6 Å². The van der Waals surface area contributed by atoms with Crippen molar-refractivity contribution in [3.8, 4) is 11.1 Å². The first-order valence-electron chi connectivity index (χ1n) is 16.9. The fourth-order valence-corrected chi connectivity index (χ4v) is 18.4. The van der Waals surface area contributed by atoms with Crippen LogP contribution in [0.2, 0.25) is 22.2 Å². The molecule has 5 rings (SSSR count). The van der Waals surface area contributed by atoms with Crippen molar-refractivity contribution in [1.82, 2.24) is 4.98 Å². The second-order valence-electron chi connectivity index (χ2n) is 14.3. The molecule has 2 fully saturated rings. The quantitative estimate of drug-likeness (QED) is 0.218. The van der Waals surface area contributed by atoms with Gasteiger partial charge in [0.05, 0.1) is 29.8 Å². The highest BCUT2D eigenvalue weighted by Gasteiger charge is 2.58. The van der Waals surface area contributed by atoms with E-state index < -0.39 is 35.3 Å². The summed E-state index contributed by atoms with van der Waals surface area (Å²) in [6, 6.07) is 14.8. The highest BCUT2D eigenvalue weighted by atomic mass is 28.5. The summed E-state index contributed by atoms with van der Waals surface area (Å²) in [7, 11) is -5.84. The number of nitrogens with zero attached hydrogens (tertiary/aromatic N) is 1. The highest BCUT2D eigenvalue weighted by molar-refractivity contribution is 6.84. The van der Waals surface area contributed by atoms with Gasteiger partial charge >= 0.3 is 23.1 Å². The van der Waals surface area contributed by atoms with E-state index in [9.17, 15) is 14.3 Å². The zero-order valence-corrected chi connectivity index (χ0v) is 30.5. The number of aliphatic carboxylic acids is 1. The van der Waals surface area contributed by atoms with Gasteiger partial charge in [-0.15, -0.1) is 0 Å². The Balaban J connectivity index is 1.67. The first-order valence-corrected chi connectivity index (χ1v) is 20.9. The van der Waals surface area contributed by atoms with Gasteiger partial charge in [0.25, 0.3) is 0 Å². The van der Waals surface area contributed by atoms with Gasteiger partial charge in [-0.3, -0.25) is 9.78 Å². The maximum Gasteiger partial charge on any atom is 0.335 e. The van der Waals surface area contributed by atoms with Crippen LogP contribution < -0.4 is 0 Å². The lowest BCUT2D eigenvalue weighted by Crippen LogP contribution is -2.64. The summed E-state index contributed by atoms with van der Waals surface area (Å²) in [5.41, 5.74) is 5.43. The molecule has 1 aliphatic heterocycles. The molecule has 0 amide bonds. The van der Waals surface area contributed by atoms with Crippen molar-refractivity contribution in [2.24, 2.45) is 0 Å². The van der Waals surface area contributed by atoms with Gasteiger partial charge in [-0.25, -0.2) is 4.39 Å². The van der Waals surface area contributed by atoms with E-state index in [0.717, 1.165) is 46.1 Å². The molecule has 0 radical (unpaired) electrons. The summed E-state index contributed by atoms with van der Waals surface area (Å²) in [5.74, 6) is -0.815. The third-order valence-electron chi connectivity index (χ3n) is 9.66. The molecule has 1 aromatic heterocycles. The number of carbonyl (C=O) groups is 1. The van der Waals surface area contributed by atoms with Crippen molar-refractivity contribution in [2.45, 2.75) is 121 Å². The number of halogens is 1. The molecule has 2 aromatic carbocycles. The van der Waals surface area contributed by atoms with E-state index in [2.05, 4.69) is 73.6 Å². The van der Waals surface area contributed by atoms with E-state index >= 15 is 0 Å². The Morgan fingerprint density at radius 3 is 2.07 bits per heavy atom. The molecular weight excluding hydrogens is 614 g/mol. The summed E-state index contributed by atoms with van der Waals surface area (Å²) < 4.78 is 35.7. The molecule has 2 atom stereocenters. The molecule has 3 aromatic rings. The molecule has 248 valence electrons. The van der Waals surface area contributed by atoms with Crippen LogP contribution in [0.1, 0.15) is 98.2 Å². The summed E-state index contributed by atoms with van der Waals surface area (Å²) in [4.78, 5) is 17.3. The van der Waals surface area contributed by atoms with Crippen LogP contribution in [0.5, 0.6) is 0 Å². The van der Waals surface area contributed by atoms with Gasteiger partial charge in [-0.05, 0) is 58.8 Å². The van der Waals surface area contributed by atoms with Crippen molar-refractivity contribution in [3.63, 3.8) is 0 Å². The zero-order valence-electron chi connectivity index (χ0n) is 28.5. The number of benzene rings is 2. The third kappa shape index (κ3) is 6.94. The van der Waals surface area contributed by atoms with Crippen LogP contribution in [0.4, 0.5) is 4.39 Å². The van der Waals surface area contributed by atoms with Gasteiger partial charge in [0.15, 0.2) is 0 Å². The van der Waals surface area contributed by atoms with Gasteiger partial charge in [0, 0.05) is 28.9 Å². The van der Waals surface area contributed by atoms with Crippen molar-refractivity contribution in [1.29, 1.82) is 0 Å². The number of carboxylic acids is 1. The summed E-state index contributed by atoms with van der Waals surface area (Å²) in [5, 5.41) is 10.9. The Labute approximate surface area is 275 Å². The summed E-state index contributed by atoms with van der Waals surface area (Å²) in [6.45, 7) is 17.3. The fraction of sp³-hybridized carbons (Fsp3) is 0.514. The predicted octanol–water partition coefficient (Wildman–Crippen LogP) is 10.1. The molecule has 9 heteroatoms. The minimum absolute atomic E-state index is 0.116. The number of fused-ring (bicyclic) bond motifs is 1. The molecule has 1 saturated heterocycles. The van der Waals surface area contributed by atoms with Crippen LogP contribution in [0, 0.1) is 5.82 Å². The van der Waals surface area contributed by atoms with Gasteiger partial charge in [0.2, 0.25) is 0 Å². The van der Waals surface area contributed by atoms with Gasteiger partial charge in [-0.1, -0.05) is 97.9 Å². The minimum Gasteiger partial charge on any atom is -0.481 e. The summed E-state index contributed by atoms with van der Waals surface area (Å²) in [6.07, 6.45) is 5.67. The number of carboxylic acid groups (broad SMARTS) is 1. The Morgan fingerprint density at radius 2 is 1.50 bits per heavy atom. The number of hydrogen-bond donors (Lipinski definition) is 1. The Bertz CT molecular complexity index is 1550. The van der Waals surface area contributed by atoms with Gasteiger partial charge in [-0.2, -0.15) is 0 Å². The highest BCUT2D eigenvalue weighted by Crippen LogP contribution is 2.48. The number of rotatable bonds is 10. The average molecular weight is 664 g/mol. The van der Waals surface area contributed by atoms with Crippen LogP contribution >= 0.6 is 0 Å². The molecule has 1 aliphatic carbocycles. The molecule has 1 N–H and O–H groups in total. The molecule has 6 nitrogen and oxygen atoms in total. The smallest absolute Gasteiger partial charge is 0.335 e. The molecular formula is C37H50FNO5Si2. The first kappa shape index (κ1) is 34.6. The number of aromatic nitrogens is 1. The molecule has 2 heterocycles. The van der Waals surface area contributed by atoms with Crippen LogP contribution in [-0.2, 0) is 17.8 Å². The average Bonchev–Trinajstić information content (AvgIpc) is 3.82. The van der Waals surface area contributed by atoms with Crippen molar-refractivity contribution >= 4 is 40.1 Å². The van der Waals surface area contributed by atoms with E-state index in [4.69, 9.17) is 18.0 Å². The lowest BCUT2D eigenvalue weighted by Gasteiger charge is -2.52. The van der Waals surface area contributed by atoms with E-state index in [1.807, 2.05) is 30.3 Å². The van der Waals surface area contributed by atoms with Crippen LogP contribution in [0.3, 0.4) is 0 Å². The Kier molecular flexibility index (Phi) is 10.4.